The van der Waals surface area contributed by atoms with Gasteiger partial charge in [-0.3, -0.25) is 9.59 Å². The maximum Gasteiger partial charge on any atom is 0.305 e. The Morgan fingerprint density at radius 2 is 1.33 bits per heavy atom. The van der Waals surface area contributed by atoms with Gasteiger partial charge in [0.1, 0.15) is 0 Å². The fourth-order valence-corrected chi connectivity index (χ4v) is 1.54. The second-order valence-electron chi connectivity index (χ2n) is 4.90. The van der Waals surface area contributed by atoms with Crippen molar-refractivity contribution in [1.29, 1.82) is 0 Å². The van der Waals surface area contributed by atoms with Gasteiger partial charge in [0.25, 0.3) is 0 Å². The highest BCUT2D eigenvalue weighted by Gasteiger charge is 1.99. The first kappa shape index (κ1) is 22.2. The molecule has 0 heterocycles. The van der Waals surface area contributed by atoms with Gasteiger partial charge in [0.05, 0.1) is 13.2 Å². The molecule has 0 N–H and O–H groups in total. The van der Waals surface area contributed by atoms with E-state index in [0.29, 0.717) is 26.1 Å². The van der Waals surface area contributed by atoms with Crippen LogP contribution in [0.25, 0.3) is 0 Å². The molecule has 0 spiro atoms. The number of rotatable bonds is 11. The van der Waals surface area contributed by atoms with Crippen LogP contribution in [0.2, 0.25) is 0 Å². The molecule has 0 radical (unpaired) electrons. The third kappa shape index (κ3) is 21.4. The molecule has 0 aromatic rings. The van der Waals surface area contributed by atoms with Gasteiger partial charge in [-0.25, -0.2) is 0 Å². The third-order valence-corrected chi connectivity index (χ3v) is 2.84. The van der Waals surface area contributed by atoms with Gasteiger partial charge in [-0.05, 0) is 19.8 Å². The molecule has 0 atom stereocenters. The van der Waals surface area contributed by atoms with E-state index >= 15 is 0 Å². The van der Waals surface area contributed by atoms with E-state index in [-0.39, 0.29) is 11.9 Å². The van der Waals surface area contributed by atoms with Crippen LogP contribution in [0.15, 0.2) is 0 Å². The van der Waals surface area contributed by atoms with E-state index in [4.69, 9.17) is 9.47 Å². The lowest BCUT2D eigenvalue weighted by molar-refractivity contribution is -0.144. The lowest BCUT2D eigenvalue weighted by atomic mass is 10.1. The summed E-state index contributed by atoms with van der Waals surface area (Å²) in [6.07, 6.45) is 9.06. The smallest absolute Gasteiger partial charge is 0.305 e. The lowest BCUT2D eigenvalue weighted by Crippen LogP contribution is -2.02. The van der Waals surface area contributed by atoms with Crippen molar-refractivity contribution in [1.82, 2.24) is 0 Å². The molecule has 0 amide bonds. The number of unbranched alkanes of at least 4 members (excludes halogenated alkanes) is 5. The topological polar surface area (TPSA) is 52.6 Å². The molecule has 0 aromatic carbocycles. The Balaban J connectivity index is 0. The number of hydrogen-bond donors (Lipinski definition) is 0. The van der Waals surface area contributed by atoms with E-state index in [9.17, 15) is 9.59 Å². The number of esters is 2. The van der Waals surface area contributed by atoms with Gasteiger partial charge in [0.15, 0.2) is 0 Å². The van der Waals surface area contributed by atoms with Crippen molar-refractivity contribution in [2.45, 2.75) is 85.5 Å². The summed E-state index contributed by atoms with van der Waals surface area (Å²) < 4.78 is 9.60. The lowest BCUT2D eigenvalue weighted by Gasteiger charge is -2.00. The first-order valence-electron chi connectivity index (χ1n) is 8.43. The van der Waals surface area contributed by atoms with E-state index in [1.165, 1.54) is 19.3 Å². The molecular weight excluding hydrogens is 268 g/mol. The molecule has 0 bridgehead atoms. The average molecular weight is 302 g/mol. The Morgan fingerprint density at radius 3 is 1.86 bits per heavy atom. The predicted molar refractivity (Wildman–Crippen MR) is 86.2 cm³/mol. The molecule has 21 heavy (non-hydrogen) atoms. The monoisotopic (exact) mass is 302 g/mol. The van der Waals surface area contributed by atoms with Crippen LogP contribution < -0.4 is 0 Å². The molecule has 0 aromatic heterocycles. The highest BCUT2D eigenvalue weighted by atomic mass is 16.5. The van der Waals surface area contributed by atoms with Crippen molar-refractivity contribution in [3.63, 3.8) is 0 Å². The van der Waals surface area contributed by atoms with E-state index in [1.54, 1.807) is 6.92 Å². The van der Waals surface area contributed by atoms with Crippen LogP contribution in [0.4, 0.5) is 0 Å². The molecular formula is C17H34O4. The predicted octanol–water partition coefficient (Wildman–Crippen LogP) is 4.65. The zero-order chi connectivity index (χ0) is 16.3. The molecule has 0 rings (SSSR count). The first-order valence-corrected chi connectivity index (χ1v) is 8.43. The zero-order valence-corrected chi connectivity index (χ0v) is 14.4. The fourth-order valence-electron chi connectivity index (χ4n) is 1.54. The molecule has 0 aliphatic heterocycles. The highest BCUT2D eigenvalue weighted by Crippen LogP contribution is 2.05. The summed E-state index contributed by atoms with van der Waals surface area (Å²) in [5.41, 5.74) is 0. The summed E-state index contributed by atoms with van der Waals surface area (Å²) in [7, 11) is 0. The van der Waals surface area contributed by atoms with Crippen molar-refractivity contribution in [2.75, 3.05) is 13.2 Å². The van der Waals surface area contributed by atoms with Crippen LogP contribution in [0.1, 0.15) is 85.5 Å². The third-order valence-electron chi connectivity index (χ3n) is 2.84. The van der Waals surface area contributed by atoms with Crippen LogP contribution in [-0.4, -0.2) is 25.2 Å². The van der Waals surface area contributed by atoms with Gasteiger partial charge in [-0.15, -0.1) is 0 Å². The standard InChI is InChI=1S/C10H20O2.C7H14O2/c1-3-5-6-7-8-9-10(11)12-4-2;1-3-5-6-9-7(8)4-2/h3-9H2,1-2H3;3-6H2,1-2H3. The molecule has 0 aliphatic carbocycles. The Hall–Kier alpha value is -1.06. The number of ether oxygens (including phenoxy) is 2. The summed E-state index contributed by atoms with van der Waals surface area (Å²) in [4.78, 5) is 21.3. The van der Waals surface area contributed by atoms with Gasteiger partial charge in [-0.1, -0.05) is 52.9 Å². The Kier molecular flexibility index (Phi) is 20.0. The van der Waals surface area contributed by atoms with E-state index < -0.39 is 0 Å². The highest BCUT2D eigenvalue weighted by molar-refractivity contribution is 5.69. The minimum atomic E-state index is -0.0940. The largest absolute Gasteiger partial charge is 0.466 e. The van der Waals surface area contributed by atoms with E-state index in [0.717, 1.165) is 25.7 Å². The van der Waals surface area contributed by atoms with Gasteiger partial charge in [0, 0.05) is 12.8 Å². The van der Waals surface area contributed by atoms with Crippen molar-refractivity contribution in [3.8, 4) is 0 Å². The van der Waals surface area contributed by atoms with Crippen LogP contribution >= 0.6 is 0 Å². The average Bonchev–Trinajstić information content (AvgIpc) is 2.48. The van der Waals surface area contributed by atoms with Crippen LogP contribution in [0.3, 0.4) is 0 Å². The molecule has 4 nitrogen and oxygen atoms in total. The summed E-state index contributed by atoms with van der Waals surface area (Å²) in [5.74, 6) is -0.141. The zero-order valence-electron chi connectivity index (χ0n) is 14.4. The number of carbonyl (C=O) groups is 2. The number of hydrogen-bond acceptors (Lipinski definition) is 4. The second kappa shape index (κ2) is 18.9. The van der Waals surface area contributed by atoms with E-state index in [2.05, 4.69) is 13.8 Å². The van der Waals surface area contributed by atoms with Gasteiger partial charge in [0.2, 0.25) is 0 Å². The maximum absolute atomic E-state index is 10.9. The van der Waals surface area contributed by atoms with Gasteiger partial charge < -0.3 is 9.47 Å². The van der Waals surface area contributed by atoms with Gasteiger partial charge in [-0.2, -0.15) is 0 Å². The minimum Gasteiger partial charge on any atom is -0.466 e. The summed E-state index contributed by atoms with van der Waals surface area (Å²) in [6, 6.07) is 0. The normalized spacial score (nSPS) is 9.52. The second-order valence-corrected chi connectivity index (χ2v) is 4.90. The molecule has 0 aliphatic rings. The molecule has 0 unspecified atom stereocenters. The summed E-state index contributed by atoms with van der Waals surface area (Å²) in [6.45, 7) is 8.99. The van der Waals surface area contributed by atoms with Gasteiger partial charge >= 0.3 is 11.9 Å². The summed E-state index contributed by atoms with van der Waals surface area (Å²) >= 11 is 0. The molecule has 4 heteroatoms. The first-order chi connectivity index (χ1) is 10.1. The molecule has 0 saturated carbocycles. The quantitative estimate of drug-likeness (QED) is 0.412. The SMILES string of the molecule is CCCCCCCC(=O)OCC.CCCCOC(=O)CC. The fraction of sp³-hybridized carbons (Fsp3) is 0.882. The van der Waals surface area contributed by atoms with Crippen LogP contribution in [-0.2, 0) is 19.1 Å². The molecule has 0 fully saturated rings. The Morgan fingerprint density at radius 1 is 0.714 bits per heavy atom. The Labute approximate surface area is 130 Å². The van der Waals surface area contributed by atoms with E-state index in [1.807, 2.05) is 6.92 Å². The summed E-state index contributed by atoms with van der Waals surface area (Å²) in [5, 5.41) is 0. The minimum absolute atomic E-state index is 0.0472. The van der Waals surface area contributed by atoms with Crippen molar-refractivity contribution >= 4 is 11.9 Å². The van der Waals surface area contributed by atoms with Crippen molar-refractivity contribution in [2.24, 2.45) is 0 Å². The van der Waals surface area contributed by atoms with Crippen molar-refractivity contribution < 1.29 is 19.1 Å². The number of carbonyl (C=O) groups excluding carboxylic acids is 2. The van der Waals surface area contributed by atoms with Crippen LogP contribution in [0, 0.1) is 0 Å². The van der Waals surface area contributed by atoms with Crippen molar-refractivity contribution in [3.05, 3.63) is 0 Å². The van der Waals surface area contributed by atoms with Crippen LogP contribution in [0.5, 0.6) is 0 Å². The molecule has 126 valence electrons. The maximum atomic E-state index is 10.9. The Bertz CT molecular complexity index is 239. The molecule has 0 saturated heterocycles.